The van der Waals surface area contributed by atoms with Gasteiger partial charge in [0.05, 0.1) is 18.6 Å². The van der Waals surface area contributed by atoms with E-state index in [9.17, 15) is 14.0 Å². The predicted octanol–water partition coefficient (Wildman–Crippen LogP) is 6.30. The van der Waals surface area contributed by atoms with Gasteiger partial charge in [0.15, 0.2) is 11.5 Å². The Morgan fingerprint density at radius 2 is 1.73 bits per heavy atom. The fourth-order valence-corrected chi connectivity index (χ4v) is 4.29. The van der Waals surface area contributed by atoms with E-state index in [0.717, 1.165) is 16.7 Å². The van der Waals surface area contributed by atoms with Gasteiger partial charge < -0.3 is 9.47 Å². The van der Waals surface area contributed by atoms with Gasteiger partial charge in [0.2, 0.25) is 0 Å². The largest absolute Gasteiger partial charge is 0.493 e. The van der Waals surface area contributed by atoms with Crippen LogP contribution in [0.15, 0.2) is 71.6 Å². The number of hydrogen-bond donors (Lipinski definition) is 0. The van der Waals surface area contributed by atoms with Gasteiger partial charge in [0.1, 0.15) is 12.4 Å². The maximum atomic E-state index is 13.9. The van der Waals surface area contributed by atoms with Gasteiger partial charge in [-0.3, -0.25) is 14.5 Å². The molecule has 1 aliphatic rings. The second-order valence-electron chi connectivity index (χ2n) is 7.15. The van der Waals surface area contributed by atoms with Gasteiger partial charge >= 0.3 is 0 Å². The standard InChI is InChI=1S/C25H19ClFNO4S/c1-31-21-11-10-16(12-22(21)32-15-18-7-3-5-9-20(18)27)13-23-24(29)28(25(30)33-23)14-17-6-2-4-8-19(17)26/h2-13H,14-15H2,1H3/b23-13-. The number of amides is 2. The van der Waals surface area contributed by atoms with Crippen molar-refractivity contribution in [3.05, 3.63) is 99.2 Å². The minimum absolute atomic E-state index is 0.0147. The number of benzene rings is 3. The zero-order valence-corrected chi connectivity index (χ0v) is 19.2. The summed E-state index contributed by atoms with van der Waals surface area (Å²) in [7, 11) is 1.50. The molecule has 5 nitrogen and oxygen atoms in total. The van der Waals surface area contributed by atoms with Crippen molar-refractivity contribution >= 4 is 40.6 Å². The normalized spacial score (nSPS) is 14.8. The van der Waals surface area contributed by atoms with Crippen molar-refractivity contribution in [2.24, 2.45) is 0 Å². The van der Waals surface area contributed by atoms with Gasteiger partial charge in [-0.25, -0.2) is 4.39 Å². The second kappa shape index (κ2) is 10.1. The average molecular weight is 484 g/mol. The van der Waals surface area contributed by atoms with Gasteiger partial charge in [-0.1, -0.05) is 54.1 Å². The molecule has 0 unspecified atom stereocenters. The summed E-state index contributed by atoms with van der Waals surface area (Å²) in [5, 5.41) is 0.128. The van der Waals surface area contributed by atoms with Crippen LogP contribution in [-0.2, 0) is 17.9 Å². The van der Waals surface area contributed by atoms with E-state index in [1.54, 1.807) is 66.7 Å². The topological polar surface area (TPSA) is 55.8 Å². The molecule has 3 aromatic rings. The second-order valence-corrected chi connectivity index (χ2v) is 8.55. The zero-order chi connectivity index (χ0) is 23.4. The summed E-state index contributed by atoms with van der Waals surface area (Å²) in [5.41, 5.74) is 1.74. The zero-order valence-electron chi connectivity index (χ0n) is 17.6. The third-order valence-electron chi connectivity index (χ3n) is 4.99. The molecular weight excluding hydrogens is 465 g/mol. The minimum Gasteiger partial charge on any atom is -0.493 e. The molecule has 0 saturated carbocycles. The van der Waals surface area contributed by atoms with Gasteiger partial charge in [0, 0.05) is 10.6 Å². The van der Waals surface area contributed by atoms with Crippen molar-refractivity contribution in [1.82, 2.24) is 4.90 Å². The smallest absolute Gasteiger partial charge is 0.293 e. The quantitative estimate of drug-likeness (QED) is 0.369. The van der Waals surface area contributed by atoms with E-state index in [-0.39, 0.29) is 29.1 Å². The van der Waals surface area contributed by atoms with Gasteiger partial charge in [0.25, 0.3) is 11.1 Å². The first-order valence-electron chi connectivity index (χ1n) is 9.99. The Kier molecular flexibility index (Phi) is 7.01. The summed E-state index contributed by atoms with van der Waals surface area (Å²) in [4.78, 5) is 26.8. The Morgan fingerprint density at radius 3 is 2.45 bits per heavy atom. The lowest BCUT2D eigenvalue weighted by atomic mass is 10.1. The van der Waals surface area contributed by atoms with E-state index in [2.05, 4.69) is 0 Å². The van der Waals surface area contributed by atoms with E-state index < -0.39 is 5.91 Å². The van der Waals surface area contributed by atoms with Crippen molar-refractivity contribution in [2.75, 3.05) is 7.11 Å². The van der Waals surface area contributed by atoms with Crippen LogP contribution in [0.5, 0.6) is 11.5 Å². The number of ether oxygens (including phenoxy) is 2. The summed E-state index contributed by atoms with van der Waals surface area (Å²) < 4.78 is 25.0. The molecule has 1 heterocycles. The Morgan fingerprint density at radius 1 is 1.00 bits per heavy atom. The summed E-state index contributed by atoms with van der Waals surface area (Å²) >= 11 is 7.04. The van der Waals surface area contributed by atoms with E-state index in [4.69, 9.17) is 21.1 Å². The lowest BCUT2D eigenvalue weighted by Crippen LogP contribution is -2.27. The number of methoxy groups -OCH3 is 1. The molecule has 33 heavy (non-hydrogen) atoms. The van der Waals surface area contributed by atoms with E-state index in [0.29, 0.717) is 33.2 Å². The van der Waals surface area contributed by atoms with Crippen LogP contribution >= 0.6 is 23.4 Å². The van der Waals surface area contributed by atoms with Gasteiger partial charge in [-0.15, -0.1) is 0 Å². The molecule has 0 spiro atoms. The van der Waals surface area contributed by atoms with Crippen molar-refractivity contribution < 1.29 is 23.5 Å². The van der Waals surface area contributed by atoms with Crippen molar-refractivity contribution in [3.8, 4) is 11.5 Å². The predicted molar refractivity (Wildman–Crippen MR) is 127 cm³/mol. The van der Waals surface area contributed by atoms with Crippen LogP contribution < -0.4 is 9.47 Å². The van der Waals surface area contributed by atoms with Crippen molar-refractivity contribution in [3.63, 3.8) is 0 Å². The number of imide groups is 1. The average Bonchev–Trinajstić information content (AvgIpc) is 3.07. The highest BCUT2D eigenvalue weighted by Gasteiger charge is 2.35. The van der Waals surface area contributed by atoms with E-state index in [1.807, 2.05) is 0 Å². The SMILES string of the molecule is COc1ccc(/C=C2\SC(=O)N(Cc3ccccc3Cl)C2=O)cc1OCc1ccccc1F. The summed E-state index contributed by atoms with van der Waals surface area (Å²) in [5.74, 6) is 0.106. The van der Waals surface area contributed by atoms with Crippen LogP contribution in [0, 0.1) is 5.82 Å². The lowest BCUT2D eigenvalue weighted by Gasteiger charge is -2.13. The summed E-state index contributed by atoms with van der Waals surface area (Å²) in [6.45, 7) is 0.113. The van der Waals surface area contributed by atoms with Crippen molar-refractivity contribution in [1.29, 1.82) is 0 Å². The highest BCUT2D eigenvalue weighted by atomic mass is 35.5. The fraction of sp³-hybridized carbons (Fsp3) is 0.120. The van der Waals surface area contributed by atoms with Crippen LogP contribution in [0.3, 0.4) is 0 Å². The molecule has 8 heteroatoms. The molecule has 168 valence electrons. The van der Waals surface area contributed by atoms with Crippen LogP contribution in [0.25, 0.3) is 6.08 Å². The third kappa shape index (κ3) is 5.21. The summed E-state index contributed by atoms with van der Waals surface area (Å²) in [6, 6.07) is 18.5. The maximum Gasteiger partial charge on any atom is 0.293 e. The number of thioether (sulfide) groups is 1. The molecule has 3 aromatic carbocycles. The number of halogens is 2. The first-order valence-corrected chi connectivity index (χ1v) is 11.2. The molecule has 1 saturated heterocycles. The van der Waals surface area contributed by atoms with Crippen LogP contribution in [-0.4, -0.2) is 23.2 Å². The molecule has 4 rings (SSSR count). The van der Waals surface area contributed by atoms with E-state index >= 15 is 0 Å². The first-order chi connectivity index (χ1) is 16.0. The van der Waals surface area contributed by atoms with Crippen LogP contribution in [0.2, 0.25) is 5.02 Å². The number of nitrogens with zero attached hydrogens (tertiary/aromatic N) is 1. The molecule has 0 N–H and O–H groups in total. The Hall–Kier alpha value is -3.29. The molecule has 1 aliphatic heterocycles. The maximum absolute atomic E-state index is 13.9. The molecule has 2 amide bonds. The van der Waals surface area contributed by atoms with Crippen LogP contribution in [0.4, 0.5) is 9.18 Å². The highest BCUT2D eigenvalue weighted by Crippen LogP contribution is 2.36. The molecular formula is C25H19ClFNO4S. The molecule has 0 aliphatic carbocycles. The molecule has 0 aromatic heterocycles. The number of carbonyl (C=O) groups is 2. The Bertz CT molecular complexity index is 1250. The number of hydrogen-bond acceptors (Lipinski definition) is 5. The third-order valence-corrected chi connectivity index (χ3v) is 6.26. The van der Waals surface area contributed by atoms with E-state index in [1.165, 1.54) is 13.2 Å². The molecule has 1 fully saturated rings. The summed E-state index contributed by atoms with van der Waals surface area (Å²) in [6.07, 6.45) is 1.62. The highest BCUT2D eigenvalue weighted by molar-refractivity contribution is 8.18. The van der Waals surface area contributed by atoms with Gasteiger partial charge in [-0.2, -0.15) is 0 Å². The Labute approximate surface area is 199 Å². The lowest BCUT2D eigenvalue weighted by molar-refractivity contribution is -0.123. The number of rotatable bonds is 7. The van der Waals surface area contributed by atoms with Crippen molar-refractivity contribution in [2.45, 2.75) is 13.2 Å². The first kappa shape index (κ1) is 22.9. The molecule has 0 radical (unpaired) electrons. The monoisotopic (exact) mass is 483 g/mol. The molecule has 0 atom stereocenters. The fourth-order valence-electron chi connectivity index (χ4n) is 3.25. The number of carbonyl (C=O) groups excluding carboxylic acids is 2. The minimum atomic E-state index is -0.394. The van der Waals surface area contributed by atoms with Gasteiger partial charge in [-0.05, 0) is 53.2 Å². The Balaban J connectivity index is 1.54. The molecule has 0 bridgehead atoms. The van der Waals surface area contributed by atoms with Crippen LogP contribution in [0.1, 0.15) is 16.7 Å².